The molecular weight excluding hydrogens is 364 g/mol. The minimum atomic E-state index is -0.103. The van der Waals surface area contributed by atoms with Crippen molar-refractivity contribution in [2.75, 3.05) is 5.32 Å². The van der Waals surface area contributed by atoms with E-state index >= 15 is 0 Å². The molecule has 7 heteroatoms. The molecule has 7 nitrogen and oxygen atoms in total. The van der Waals surface area contributed by atoms with Gasteiger partial charge in [-0.05, 0) is 25.3 Å². The Bertz CT molecular complexity index is 1160. The van der Waals surface area contributed by atoms with Crippen molar-refractivity contribution in [2.24, 2.45) is 0 Å². The number of para-hydroxylation sites is 1. The summed E-state index contributed by atoms with van der Waals surface area (Å²) in [6, 6.07) is 8.50. The van der Waals surface area contributed by atoms with Crippen molar-refractivity contribution in [1.82, 2.24) is 24.5 Å². The van der Waals surface area contributed by atoms with Crippen molar-refractivity contribution in [3.8, 4) is 11.1 Å². The molecule has 3 aromatic heterocycles. The summed E-state index contributed by atoms with van der Waals surface area (Å²) in [7, 11) is 0. The van der Waals surface area contributed by atoms with Crippen LogP contribution in [0.1, 0.15) is 37.3 Å². The minimum Gasteiger partial charge on any atom is -0.360 e. The molecule has 4 aromatic rings. The number of aryl methyl sites for hydroxylation is 1. The number of carbonyl (C=O) groups is 1. The standard InChI is InChI=1S/C22H24N6O/c1-15-5-4-8-18-19(12-23-22(15)18)16-11-25-27(13-16)14-21(29)26-20-9-10-24-28(20)17-6-2-3-7-17/h4-5,8-13,17,23H,2-3,6-7,14H2,1H3,(H,26,29). The van der Waals surface area contributed by atoms with Crippen LogP contribution in [0.4, 0.5) is 5.82 Å². The second kappa shape index (κ2) is 7.24. The fourth-order valence-electron chi connectivity index (χ4n) is 4.32. The van der Waals surface area contributed by atoms with E-state index in [0.29, 0.717) is 6.04 Å². The van der Waals surface area contributed by atoms with E-state index in [1.807, 2.05) is 23.1 Å². The van der Waals surface area contributed by atoms with E-state index in [4.69, 9.17) is 0 Å². The zero-order chi connectivity index (χ0) is 19.8. The molecule has 1 aliphatic rings. The number of anilines is 1. The number of amides is 1. The van der Waals surface area contributed by atoms with E-state index in [1.54, 1.807) is 17.1 Å². The largest absolute Gasteiger partial charge is 0.360 e. The summed E-state index contributed by atoms with van der Waals surface area (Å²) in [6.45, 7) is 2.25. The Morgan fingerprint density at radius 1 is 1.24 bits per heavy atom. The van der Waals surface area contributed by atoms with E-state index in [2.05, 4.69) is 45.6 Å². The highest BCUT2D eigenvalue weighted by atomic mass is 16.2. The molecule has 2 N–H and O–H groups in total. The SMILES string of the molecule is Cc1cccc2c(-c3cnn(CC(=O)Nc4ccnn4C4CCCC4)c3)c[nH]c12. The summed E-state index contributed by atoms with van der Waals surface area (Å²) in [4.78, 5) is 15.9. The topological polar surface area (TPSA) is 80.5 Å². The van der Waals surface area contributed by atoms with Crippen molar-refractivity contribution in [1.29, 1.82) is 0 Å². The van der Waals surface area contributed by atoms with E-state index in [0.717, 1.165) is 40.7 Å². The zero-order valence-corrected chi connectivity index (χ0v) is 16.4. The number of aromatic nitrogens is 5. The number of nitrogens with zero attached hydrogens (tertiary/aromatic N) is 4. The average Bonchev–Trinajstić information content (AvgIpc) is 3.48. The third-order valence-corrected chi connectivity index (χ3v) is 5.78. The van der Waals surface area contributed by atoms with Crippen LogP contribution in [0.5, 0.6) is 0 Å². The molecule has 0 atom stereocenters. The van der Waals surface area contributed by atoms with E-state index in [9.17, 15) is 4.79 Å². The number of rotatable bonds is 5. The third-order valence-electron chi connectivity index (χ3n) is 5.78. The molecule has 1 saturated carbocycles. The lowest BCUT2D eigenvalue weighted by Crippen LogP contribution is -2.22. The number of benzene rings is 1. The molecule has 0 radical (unpaired) electrons. The number of carbonyl (C=O) groups excluding carboxylic acids is 1. The summed E-state index contributed by atoms with van der Waals surface area (Å²) in [5.74, 6) is 0.663. The lowest BCUT2D eigenvalue weighted by Gasteiger charge is -2.14. The minimum absolute atomic E-state index is 0.103. The fraction of sp³-hybridized carbons (Fsp3) is 0.318. The van der Waals surface area contributed by atoms with Gasteiger partial charge < -0.3 is 10.3 Å². The molecule has 148 valence electrons. The lowest BCUT2D eigenvalue weighted by molar-refractivity contribution is -0.117. The molecule has 1 aliphatic carbocycles. The number of hydrogen-bond acceptors (Lipinski definition) is 3. The highest BCUT2D eigenvalue weighted by molar-refractivity contribution is 5.97. The Morgan fingerprint density at radius 3 is 2.97 bits per heavy atom. The van der Waals surface area contributed by atoms with Crippen molar-refractivity contribution < 1.29 is 4.79 Å². The van der Waals surface area contributed by atoms with Gasteiger partial charge in [0.25, 0.3) is 0 Å². The van der Waals surface area contributed by atoms with E-state index in [1.165, 1.54) is 18.4 Å². The summed E-state index contributed by atoms with van der Waals surface area (Å²) in [5.41, 5.74) is 4.42. The molecule has 0 unspecified atom stereocenters. The predicted octanol–water partition coefficient (Wildman–Crippen LogP) is 4.29. The summed E-state index contributed by atoms with van der Waals surface area (Å²) >= 11 is 0. The molecule has 3 heterocycles. The second-order valence-corrected chi connectivity index (χ2v) is 7.77. The Balaban J connectivity index is 1.31. The van der Waals surface area contributed by atoms with Crippen LogP contribution in [0.3, 0.4) is 0 Å². The first kappa shape index (κ1) is 17.7. The van der Waals surface area contributed by atoms with Crippen molar-refractivity contribution >= 4 is 22.6 Å². The van der Waals surface area contributed by atoms with Gasteiger partial charge in [0.15, 0.2) is 0 Å². The predicted molar refractivity (Wildman–Crippen MR) is 113 cm³/mol. The molecule has 0 saturated heterocycles. The molecule has 29 heavy (non-hydrogen) atoms. The Kier molecular flexibility index (Phi) is 4.42. The quantitative estimate of drug-likeness (QED) is 0.535. The molecule has 1 fully saturated rings. The number of nitrogens with one attached hydrogen (secondary N) is 2. The zero-order valence-electron chi connectivity index (χ0n) is 16.4. The lowest BCUT2D eigenvalue weighted by atomic mass is 10.1. The van der Waals surface area contributed by atoms with Crippen LogP contribution in [-0.4, -0.2) is 30.5 Å². The maximum absolute atomic E-state index is 12.6. The Labute approximate surface area is 168 Å². The van der Waals surface area contributed by atoms with Gasteiger partial charge in [-0.1, -0.05) is 31.0 Å². The molecule has 0 aliphatic heterocycles. The van der Waals surface area contributed by atoms with E-state index in [-0.39, 0.29) is 12.5 Å². The molecule has 1 amide bonds. The van der Waals surface area contributed by atoms with Crippen LogP contribution in [0, 0.1) is 6.92 Å². The number of fused-ring (bicyclic) bond motifs is 1. The Morgan fingerprint density at radius 2 is 2.10 bits per heavy atom. The molecule has 0 bridgehead atoms. The molecular formula is C22H24N6O. The van der Waals surface area contributed by atoms with Crippen LogP contribution in [0.2, 0.25) is 0 Å². The molecule has 5 rings (SSSR count). The normalized spacial score (nSPS) is 14.7. The summed E-state index contributed by atoms with van der Waals surface area (Å²) in [5, 5.41) is 13.0. The smallest absolute Gasteiger partial charge is 0.247 e. The van der Waals surface area contributed by atoms with Crippen LogP contribution >= 0.6 is 0 Å². The van der Waals surface area contributed by atoms with Gasteiger partial charge in [-0.25, -0.2) is 4.68 Å². The van der Waals surface area contributed by atoms with E-state index < -0.39 is 0 Å². The van der Waals surface area contributed by atoms with Gasteiger partial charge in [0.1, 0.15) is 12.4 Å². The number of H-pyrrole nitrogens is 1. The van der Waals surface area contributed by atoms with Gasteiger partial charge in [0, 0.05) is 40.5 Å². The van der Waals surface area contributed by atoms with Crippen molar-refractivity contribution in [3.63, 3.8) is 0 Å². The van der Waals surface area contributed by atoms with Gasteiger partial charge in [-0.2, -0.15) is 10.2 Å². The van der Waals surface area contributed by atoms with Gasteiger partial charge in [-0.3, -0.25) is 9.48 Å². The highest BCUT2D eigenvalue weighted by Gasteiger charge is 2.20. The van der Waals surface area contributed by atoms with Gasteiger partial charge in [0.2, 0.25) is 5.91 Å². The number of hydrogen-bond donors (Lipinski definition) is 2. The third kappa shape index (κ3) is 3.33. The monoisotopic (exact) mass is 388 g/mol. The van der Waals surface area contributed by atoms with Crippen LogP contribution in [-0.2, 0) is 11.3 Å². The first-order valence-electron chi connectivity index (χ1n) is 10.1. The first-order valence-corrected chi connectivity index (χ1v) is 10.1. The van der Waals surface area contributed by atoms with Crippen molar-refractivity contribution in [2.45, 2.75) is 45.2 Å². The summed E-state index contributed by atoms with van der Waals surface area (Å²) < 4.78 is 3.63. The van der Waals surface area contributed by atoms with Crippen LogP contribution in [0.15, 0.2) is 49.1 Å². The second-order valence-electron chi connectivity index (χ2n) is 7.77. The summed E-state index contributed by atoms with van der Waals surface area (Å²) in [6.07, 6.45) is 12.2. The first-order chi connectivity index (χ1) is 14.2. The van der Waals surface area contributed by atoms with Gasteiger partial charge >= 0.3 is 0 Å². The maximum Gasteiger partial charge on any atom is 0.247 e. The highest BCUT2D eigenvalue weighted by Crippen LogP contribution is 2.31. The number of aromatic amines is 1. The molecule has 0 spiro atoms. The Hall–Kier alpha value is -3.35. The average molecular weight is 388 g/mol. The fourth-order valence-corrected chi connectivity index (χ4v) is 4.32. The van der Waals surface area contributed by atoms with Crippen LogP contribution in [0.25, 0.3) is 22.0 Å². The van der Waals surface area contributed by atoms with Crippen molar-refractivity contribution in [3.05, 3.63) is 54.6 Å². The van der Waals surface area contributed by atoms with Gasteiger partial charge in [0.05, 0.1) is 18.4 Å². The van der Waals surface area contributed by atoms with Crippen LogP contribution < -0.4 is 5.32 Å². The maximum atomic E-state index is 12.6. The van der Waals surface area contributed by atoms with Gasteiger partial charge in [-0.15, -0.1) is 0 Å². The molecule has 1 aromatic carbocycles.